The van der Waals surface area contributed by atoms with Gasteiger partial charge in [0.15, 0.2) is 5.78 Å². The van der Waals surface area contributed by atoms with Crippen molar-refractivity contribution in [3.05, 3.63) is 40.3 Å². The maximum Gasteiger partial charge on any atom is 0.180 e. The van der Waals surface area contributed by atoms with Gasteiger partial charge in [-0.3, -0.25) is 4.79 Å². The summed E-state index contributed by atoms with van der Waals surface area (Å²) in [7, 11) is 0. The zero-order valence-electron chi connectivity index (χ0n) is 11.0. The number of nitrogens with zero attached hydrogens (tertiary/aromatic N) is 2. The Bertz CT molecular complexity index is 668. The van der Waals surface area contributed by atoms with E-state index in [-0.39, 0.29) is 11.5 Å². The molecule has 0 aliphatic heterocycles. The molecule has 0 saturated heterocycles. The smallest absolute Gasteiger partial charge is 0.180 e. The summed E-state index contributed by atoms with van der Waals surface area (Å²) in [5.74, 6) is 0.347. The molecular formula is C14H14ClN3O. The molecule has 0 aliphatic carbocycles. The number of ketones is 1. The van der Waals surface area contributed by atoms with Crippen molar-refractivity contribution in [1.29, 1.82) is 0 Å². The third-order valence-corrected chi connectivity index (χ3v) is 3.07. The zero-order chi connectivity index (χ0) is 14.2. The fourth-order valence-electron chi connectivity index (χ4n) is 1.95. The fraction of sp³-hybridized carbons (Fsp3) is 0.214. The Kier molecular flexibility index (Phi) is 3.53. The van der Waals surface area contributed by atoms with E-state index in [2.05, 4.69) is 9.97 Å². The Balaban J connectivity index is 2.72. The van der Waals surface area contributed by atoms with Crippen LogP contribution in [0.4, 0.5) is 5.69 Å². The average molecular weight is 276 g/mol. The molecule has 4 nitrogen and oxygen atoms in total. The van der Waals surface area contributed by atoms with Gasteiger partial charge in [0, 0.05) is 17.5 Å². The maximum absolute atomic E-state index is 11.5. The van der Waals surface area contributed by atoms with Crippen molar-refractivity contribution in [2.24, 2.45) is 0 Å². The predicted molar refractivity (Wildman–Crippen MR) is 76.4 cm³/mol. The largest absolute Gasteiger partial charge is 0.395 e. The summed E-state index contributed by atoms with van der Waals surface area (Å²) in [6, 6.07) is 5.45. The minimum absolute atomic E-state index is 0.170. The summed E-state index contributed by atoms with van der Waals surface area (Å²) in [6.07, 6.45) is 0. The van der Waals surface area contributed by atoms with Crippen molar-refractivity contribution in [3.8, 4) is 11.3 Å². The Labute approximate surface area is 116 Å². The second kappa shape index (κ2) is 4.97. The van der Waals surface area contributed by atoms with Gasteiger partial charge in [-0.1, -0.05) is 17.7 Å². The second-order valence-corrected chi connectivity index (χ2v) is 4.83. The summed E-state index contributed by atoms with van der Waals surface area (Å²) in [5, 5.41) is 0.650. The number of benzene rings is 1. The molecule has 1 heterocycles. The number of Topliss-reactive ketones (excluding diaryl/α,β-unsaturated/α-hetero) is 1. The first-order valence-corrected chi connectivity index (χ1v) is 6.19. The van der Waals surface area contributed by atoms with E-state index in [4.69, 9.17) is 17.3 Å². The van der Waals surface area contributed by atoms with Gasteiger partial charge in [0.2, 0.25) is 0 Å². The molecular weight excluding hydrogens is 262 g/mol. The van der Waals surface area contributed by atoms with Gasteiger partial charge >= 0.3 is 0 Å². The fourth-order valence-corrected chi connectivity index (χ4v) is 2.17. The van der Waals surface area contributed by atoms with E-state index in [1.165, 1.54) is 6.92 Å². The Hall–Kier alpha value is -1.94. The number of anilines is 1. The molecule has 0 saturated carbocycles. The first-order valence-electron chi connectivity index (χ1n) is 5.81. The zero-order valence-corrected chi connectivity index (χ0v) is 11.7. The Morgan fingerprint density at radius 1 is 1.26 bits per heavy atom. The van der Waals surface area contributed by atoms with Crippen LogP contribution in [0.2, 0.25) is 5.02 Å². The minimum Gasteiger partial charge on any atom is -0.395 e. The van der Waals surface area contributed by atoms with Crippen LogP contribution in [0.15, 0.2) is 18.2 Å². The number of rotatable bonds is 2. The number of carbonyl (C=O) groups is 1. The molecule has 5 heteroatoms. The number of carbonyl (C=O) groups excluding carboxylic acids is 1. The van der Waals surface area contributed by atoms with Crippen LogP contribution in [0.3, 0.4) is 0 Å². The first kappa shape index (κ1) is 13.5. The monoisotopic (exact) mass is 275 g/mol. The van der Waals surface area contributed by atoms with Gasteiger partial charge in [-0.25, -0.2) is 9.97 Å². The molecule has 0 amide bonds. The van der Waals surface area contributed by atoms with Gasteiger partial charge in [-0.2, -0.15) is 0 Å². The highest BCUT2D eigenvalue weighted by molar-refractivity contribution is 6.30. The van der Waals surface area contributed by atoms with Gasteiger partial charge in [-0.15, -0.1) is 0 Å². The van der Waals surface area contributed by atoms with Crippen LogP contribution in [0.1, 0.15) is 28.8 Å². The number of hydrogen-bond acceptors (Lipinski definition) is 4. The molecule has 1 aromatic carbocycles. The van der Waals surface area contributed by atoms with Crippen LogP contribution in [0.5, 0.6) is 0 Å². The number of hydrogen-bond donors (Lipinski definition) is 1. The van der Waals surface area contributed by atoms with Crippen LogP contribution in [-0.4, -0.2) is 15.8 Å². The highest BCUT2D eigenvalue weighted by Crippen LogP contribution is 2.30. The van der Waals surface area contributed by atoms with Gasteiger partial charge in [0.05, 0.1) is 11.4 Å². The number of aromatic nitrogens is 2. The molecule has 1 aromatic heterocycles. The molecule has 0 atom stereocenters. The molecule has 0 bridgehead atoms. The van der Waals surface area contributed by atoms with Gasteiger partial charge in [-0.05, 0) is 31.5 Å². The quantitative estimate of drug-likeness (QED) is 0.855. The van der Waals surface area contributed by atoms with Crippen molar-refractivity contribution < 1.29 is 4.79 Å². The summed E-state index contributed by atoms with van der Waals surface area (Å²) >= 11 is 5.94. The molecule has 2 rings (SSSR count). The van der Waals surface area contributed by atoms with E-state index in [9.17, 15) is 4.79 Å². The molecule has 0 unspecified atom stereocenters. The van der Waals surface area contributed by atoms with Crippen molar-refractivity contribution >= 4 is 23.1 Å². The van der Waals surface area contributed by atoms with Crippen LogP contribution in [-0.2, 0) is 0 Å². The van der Waals surface area contributed by atoms with Gasteiger partial charge in [0.25, 0.3) is 0 Å². The lowest BCUT2D eigenvalue weighted by atomic mass is 10.0. The minimum atomic E-state index is -0.170. The van der Waals surface area contributed by atoms with E-state index >= 15 is 0 Å². The van der Waals surface area contributed by atoms with Crippen molar-refractivity contribution in [2.45, 2.75) is 20.8 Å². The third-order valence-electron chi connectivity index (χ3n) is 2.83. The van der Waals surface area contributed by atoms with Crippen LogP contribution >= 0.6 is 11.6 Å². The molecule has 19 heavy (non-hydrogen) atoms. The number of halogens is 1. The van der Waals surface area contributed by atoms with Gasteiger partial charge < -0.3 is 5.73 Å². The Morgan fingerprint density at radius 3 is 2.53 bits per heavy atom. The summed E-state index contributed by atoms with van der Waals surface area (Å²) < 4.78 is 0. The van der Waals surface area contributed by atoms with Crippen molar-refractivity contribution in [3.63, 3.8) is 0 Å². The van der Waals surface area contributed by atoms with E-state index in [1.807, 2.05) is 19.1 Å². The first-order chi connectivity index (χ1) is 8.90. The van der Waals surface area contributed by atoms with Crippen LogP contribution in [0, 0.1) is 13.8 Å². The predicted octanol–water partition coefficient (Wildman–Crippen LogP) is 3.20. The number of nitrogen functional groups attached to an aromatic ring is 1. The van der Waals surface area contributed by atoms with Crippen LogP contribution < -0.4 is 5.73 Å². The van der Waals surface area contributed by atoms with Crippen molar-refractivity contribution in [2.75, 3.05) is 5.73 Å². The Morgan fingerprint density at radius 2 is 1.95 bits per heavy atom. The molecule has 98 valence electrons. The third kappa shape index (κ3) is 2.58. The average Bonchev–Trinajstić information content (AvgIpc) is 2.32. The number of aryl methyl sites for hydroxylation is 2. The summed E-state index contributed by atoms with van der Waals surface area (Å²) in [5.41, 5.74) is 8.97. The highest BCUT2D eigenvalue weighted by Gasteiger charge is 2.16. The van der Waals surface area contributed by atoms with E-state index < -0.39 is 0 Å². The van der Waals surface area contributed by atoms with Gasteiger partial charge in [0.1, 0.15) is 11.5 Å². The number of nitrogens with two attached hydrogens (primary N) is 1. The summed E-state index contributed by atoms with van der Waals surface area (Å²) in [4.78, 5) is 20.0. The normalized spacial score (nSPS) is 10.5. The topological polar surface area (TPSA) is 68.9 Å². The lowest BCUT2D eigenvalue weighted by molar-refractivity contribution is 0.101. The van der Waals surface area contributed by atoms with E-state index in [0.29, 0.717) is 22.2 Å². The lowest BCUT2D eigenvalue weighted by Gasteiger charge is -2.11. The molecule has 2 N–H and O–H groups in total. The maximum atomic E-state index is 11.5. The van der Waals surface area contributed by atoms with E-state index in [0.717, 1.165) is 11.1 Å². The summed E-state index contributed by atoms with van der Waals surface area (Å²) in [6.45, 7) is 5.10. The highest BCUT2D eigenvalue weighted by atomic mass is 35.5. The molecule has 0 radical (unpaired) electrons. The SMILES string of the molecule is CC(=O)c1nc(C)nc(-c2ccc(Cl)cc2C)c1N. The second-order valence-electron chi connectivity index (χ2n) is 4.40. The molecule has 0 aliphatic rings. The molecule has 0 fully saturated rings. The lowest BCUT2D eigenvalue weighted by Crippen LogP contribution is -2.09. The molecule has 0 spiro atoms. The van der Waals surface area contributed by atoms with Crippen molar-refractivity contribution in [1.82, 2.24) is 9.97 Å². The van der Waals surface area contributed by atoms with Crippen LogP contribution in [0.25, 0.3) is 11.3 Å². The molecule has 2 aromatic rings. The standard InChI is InChI=1S/C14H14ClN3O/c1-7-6-10(15)4-5-11(7)14-12(16)13(8(2)19)17-9(3)18-14/h4-6H,16H2,1-3H3. The van der Waals surface area contributed by atoms with E-state index in [1.54, 1.807) is 13.0 Å².